The second-order valence-electron chi connectivity index (χ2n) is 4.66. The molecule has 0 atom stereocenters. The third-order valence-electron chi connectivity index (χ3n) is 2.95. The van der Waals surface area contributed by atoms with Crippen molar-refractivity contribution in [1.29, 1.82) is 0 Å². The van der Waals surface area contributed by atoms with Gasteiger partial charge >= 0.3 is 0 Å². The van der Waals surface area contributed by atoms with Gasteiger partial charge in [-0.2, -0.15) is 0 Å². The van der Waals surface area contributed by atoms with E-state index in [1.54, 1.807) is 25.1 Å². The van der Waals surface area contributed by atoms with Crippen molar-refractivity contribution in [3.63, 3.8) is 0 Å². The highest BCUT2D eigenvalue weighted by molar-refractivity contribution is 5.94. The quantitative estimate of drug-likeness (QED) is 0.579. The second-order valence-corrected chi connectivity index (χ2v) is 4.66. The Kier molecular flexibility index (Phi) is 4.84. The van der Waals surface area contributed by atoms with E-state index >= 15 is 0 Å². The van der Waals surface area contributed by atoms with Crippen LogP contribution in [0.1, 0.15) is 21.6 Å². The molecule has 0 aliphatic heterocycles. The van der Waals surface area contributed by atoms with Crippen molar-refractivity contribution in [2.45, 2.75) is 13.3 Å². The van der Waals surface area contributed by atoms with E-state index in [1.807, 2.05) is 6.07 Å². The van der Waals surface area contributed by atoms with E-state index in [0.717, 1.165) is 5.56 Å². The molecular weight excluding hydrogens is 271 g/mol. The number of amides is 1. The summed E-state index contributed by atoms with van der Waals surface area (Å²) in [5.74, 6) is 5.24. The minimum absolute atomic E-state index is 0.214. The van der Waals surface area contributed by atoms with Crippen LogP contribution >= 0.6 is 0 Å². The highest BCUT2D eigenvalue weighted by atomic mass is 19.1. The summed E-state index contributed by atoms with van der Waals surface area (Å²) in [6, 6.07) is 9.57. The summed E-state index contributed by atoms with van der Waals surface area (Å²) in [4.78, 5) is 16.2. The molecule has 0 fully saturated rings. The number of benzene rings is 1. The average Bonchev–Trinajstić information content (AvgIpc) is 2.46. The molecule has 0 radical (unpaired) electrons. The maximum absolute atomic E-state index is 13.0. The lowest BCUT2D eigenvalue weighted by Crippen LogP contribution is -2.26. The molecule has 0 spiro atoms. The Labute approximate surface area is 122 Å². The fraction of sp³-hybridized carbons (Fsp3) is 0.200. The molecule has 6 heteroatoms. The van der Waals surface area contributed by atoms with Gasteiger partial charge in [0.15, 0.2) is 0 Å². The molecule has 0 aliphatic carbocycles. The van der Waals surface area contributed by atoms with E-state index in [0.29, 0.717) is 30.0 Å². The predicted octanol–water partition coefficient (Wildman–Crippen LogP) is 1.79. The van der Waals surface area contributed by atoms with Crippen LogP contribution in [0.25, 0.3) is 0 Å². The van der Waals surface area contributed by atoms with E-state index in [2.05, 4.69) is 15.7 Å². The number of nitrogen functional groups attached to an aromatic ring is 1. The first-order chi connectivity index (χ1) is 10.1. The Balaban J connectivity index is 1.94. The molecule has 1 amide bonds. The van der Waals surface area contributed by atoms with Crippen molar-refractivity contribution in [3.05, 3.63) is 59.0 Å². The fourth-order valence-electron chi connectivity index (χ4n) is 1.99. The number of hydrazine groups is 1. The molecule has 110 valence electrons. The number of aryl methyl sites for hydroxylation is 1. The minimum Gasteiger partial charge on any atom is -0.352 e. The van der Waals surface area contributed by atoms with E-state index in [1.165, 1.54) is 12.1 Å². The Morgan fingerprint density at radius 1 is 1.33 bits per heavy atom. The predicted molar refractivity (Wildman–Crippen MR) is 79.2 cm³/mol. The summed E-state index contributed by atoms with van der Waals surface area (Å²) in [6.45, 7) is 2.21. The first-order valence-electron chi connectivity index (χ1n) is 6.56. The molecule has 0 saturated heterocycles. The topological polar surface area (TPSA) is 80.0 Å². The number of nitrogens with zero attached hydrogens (tertiary/aromatic N) is 1. The van der Waals surface area contributed by atoms with Crippen molar-refractivity contribution in [1.82, 2.24) is 10.3 Å². The normalized spacial score (nSPS) is 10.2. The smallest absolute Gasteiger partial charge is 0.251 e. The SMILES string of the molecule is Cc1cc(C(=O)NCCc2cccc(F)c2)cc(NN)n1. The standard InChI is InChI=1S/C15H17FN4O/c1-10-7-12(9-14(19-10)20-17)15(21)18-6-5-11-3-2-4-13(16)8-11/h2-4,7-9H,5-6,17H2,1H3,(H,18,21)(H,19,20). The van der Waals surface area contributed by atoms with Crippen LogP contribution in [-0.2, 0) is 6.42 Å². The van der Waals surface area contributed by atoms with Crippen LogP contribution < -0.4 is 16.6 Å². The third kappa shape index (κ3) is 4.25. The number of anilines is 1. The van der Waals surface area contributed by atoms with Gasteiger partial charge in [-0.25, -0.2) is 15.2 Å². The molecule has 2 rings (SSSR count). The van der Waals surface area contributed by atoms with Gasteiger partial charge in [0.25, 0.3) is 5.91 Å². The first-order valence-corrected chi connectivity index (χ1v) is 6.56. The van der Waals surface area contributed by atoms with Crippen LogP contribution in [0.3, 0.4) is 0 Å². The van der Waals surface area contributed by atoms with Gasteiger partial charge in [0.05, 0.1) is 0 Å². The van der Waals surface area contributed by atoms with Crippen LogP contribution in [0.2, 0.25) is 0 Å². The molecule has 1 heterocycles. The molecule has 5 nitrogen and oxygen atoms in total. The second kappa shape index (κ2) is 6.81. The molecular formula is C15H17FN4O. The van der Waals surface area contributed by atoms with Gasteiger partial charge in [0, 0.05) is 17.8 Å². The summed E-state index contributed by atoms with van der Waals surface area (Å²) in [7, 11) is 0. The third-order valence-corrected chi connectivity index (χ3v) is 2.95. The Bertz CT molecular complexity index is 645. The molecule has 21 heavy (non-hydrogen) atoms. The van der Waals surface area contributed by atoms with Gasteiger partial charge in [0.1, 0.15) is 11.6 Å². The zero-order valence-electron chi connectivity index (χ0n) is 11.7. The van der Waals surface area contributed by atoms with Crippen molar-refractivity contribution in [2.24, 2.45) is 5.84 Å². The van der Waals surface area contributed by atoms with E-state index < -0.39 is 0 Å². The van der Waals surface area contributed by atoms with Gasteiger partial charge < -0.3 is 10.7 Å². The van der Waals surface area contributed by atoms with Crippen LogP contribution in [0, 0.1) is 12.7 Å². The molecule has 4 N–H and O–H groups in total. The average molecular weight is 288 g/mol. The largest absolute Gasteiger partial charge is 0.352 e. The molecule has 1 aromatic heterocycles. The molecule has 0 aliphatic rings. The fourth-order valence-corrected chi connectivity index (χ4v) is 1.99. The van der Waals surface area contributed by atoms with Gasteiger partial charge in [-0.05, 0) is 43.2 Å². The van der Waals surface area contributed by atoms with Crippen molar-refractivity contribution >= 4 is 11.7 Å². The number of rotatable bonds is 5. The lowest BCUT2D eigenvalue weighted by Gasteiger charge is -2.08. The lowest BCUT2D eigenvalue weighted by atomic mass is 10.1. The molecule has 2 aromatic rings. The van der Waals surface area contributed by atoms with E-state index in [-0.39, 0.29) is 11.7 Å². The summed E-state index contributed by atoms with van der Waals surface area (Å²) < 4.78 is 13.0. The number of halogens is 1. The monoisotopic (exact) mass is 288 g/mol. The van der Waals surface area contributed by atoms with Crippen molar-refractivity contribution in [3.8, 4) is 0 Å². The van der Waals surface area contributed by atoms with Gasteiger partial charge in [-0.1, -0.05) is 12.1 Å². The summed E-state index contributed by atoms with van der Waals surface area (Å²) in [5, 5.41) is 2.79. The van der Waals surface area contributed by atoms with Crippen molar-refractivity contribution < 1.29 is 9.18 Å². The van der Waals surface area contributed by atoms with E-state index in [4.69, 9.17) is 5.84 Å². The summed E-state index contributed by atoms with van der Waals surface area (Å²) in [6.07, 6.45) is 0.565. The number of carbonyl (C=O) groups excluding carboxylic acids is 1. The van der Waals surface area contributed by atoms with Crippen LogP contribution in [0.15, 0.2) is 36.4 Å². The molecule has 0 saturated carbocycles. The number of pyridine rings is 1. The Morgan fingerprint density at radius 2 is 2.14 bits per heavy atom. The van der Waals surface area contributed by atoms with Crippen LogP contribution in [0.5, 0.6) is 0 Å². The summed E-state index contributed by atoms with van der Waals surface area (Å²) >= 11 is 0. The zero-order chi connectivity index (χ0) is 15.2. The number of nitrogens with one attached hydrogen (secondary N) is 2. The van der Waals surface area contributed by atoms with Crippen LogP contribution in [-0.4, -0.2) is 17.4 Å². The molecule has 1 aromatic carbocycles. The molecule has 0 bridgehead atoms. The first kappa shape index (κ1) is 14.9. The van der Waals surface area contributed by atoms with E-state index in [9.17, 15) is 9.18 Å². The van der Waals surface area contributed by atoms with Gasteiger partial charge in [-0.3, -0.25) is 4.79 Å². The minimum atomic E-state index is -0.276. The number of carbonyl (C=O) groups is 1. The number of hydrogen-bond donors (Lipinski definition) is 3. The highest BCUT2D eigenvalue weighted by Crippen LogP contribution is 2.09. The van der Waals surface area contributed by atoms with Crippen molar-refractivity contribution in [2.75, 3.05) is 12.0 Å². The lowest BCUT2D eigenvalue weighted by molar-refractivity contribution is 0.0954. The van der Waals surface area contributed by atoms with Crippen LogP contribution in [0.4, 0.5) is 10.2 Å². The zero-order valence-corrected chi connectivity index (χ0v) is 11.7. The molecule has 0 unspecified atom stereocenters. The Hall–Kier alpha value is -2.47. The van der Waals surface area contributed by atoms with Gasteiger partial charge in [0.2, 0.25) is 0 Å². The van der Waals surface area contributed by atoms with Gasteiger partial charge in [-0.15, -0.1) is 0 Å². The number of nitrogens with two attached hydrogens (primary N) is 1. The highest BCUT2D eigenvalue weighted by Gasteiger charge is 2.08. The number of hydrogen-bond acceptors (Lipinski definition) is 4. The maximum atomic E-state index is 13.0. The number of aromatic nitrogens is 1. The Morgan fingerprint density at radius 3 is 2.86 bits per heavy atom. The maximum Gasteiger partial charge on any atom is 0.251 e. The summed E-state index contributed by atoms with van der Waals surface area (Å²) in [5.41, 5.74) is 4.43.